The van der Waals surface area contributed by atoms with E-state index in [2.05, 4.69) is 54.6 Å². The average molecular weight is 271 g/mol. The number of rotatable bonds is 3. The standard InChI is InChI=1S/C17H25N3/c1-12-10-14(11-20(12)9-8-18)17-13(2)19(3)16-7-5-4-6-15(16)17/h4-7,12,14H,8-11,18H2,1-3H3. The zero-order chi connectivity index (χ0) is 14.3. The molecular formula is C17H25N3. The van der Waals surface area contributed by atoms with Crippen LogP contribution < -0.4 is 5.73 Å². The SMILES string of the molecule is Cc1c(C2CC(C)N(CCN)C2)c2ccccc2n1C. The van der Waals surface area contributed by atoms with E-state index in [1.165, 1.54) is 23.0 Å². The summed E-state index contributed by atoms with van der Waals surface area (Å²) in [5.74, 6) is 0.641. The highest BCUT2D eigenvalue weighted by atomic mass is 15.2. The molecule has 3 rings (SSSR count). The molecule has 0 spiro atoms. The molecule has 1 fully saturated rings. The lowest BCUT2D eigenvalue weighted by Crippen LogP contribution is -2.32. The Bertz CT molecular complexity index is 614. The normalized spacial score (nSPS) is 23.8. The molecule has 0 amide bonds. The van der Waals surface area contributed by atoms with Crippen molar-refractivity contribution in [3.05, 3.63) is 35.5 Å². The van der Waals surface area contributed by atoms with Crippen molar-refractivity contribution in [3.63, 3.8) is 0 Å². The van der Waals surface area contributed by atoms with Crippen molar-refractivity contribution in [2.24, 2.45) is 12.8 Å². The Morgan fingerprint density at radius 3 is 2.80 bits per heavy atom. The first-order valence-electron chi connectivity index (χ1n) is 7.61. The Morgan fingerprint density at radius 1 is 1.30 bits per heavy atom. The molecule has 1 saturated heterocycles. The maximum Gasteiger partial charge on any atom is 0.0482 e. The van der Waals surface area contributed by atoms with E-state index in [1.54, 1.807) is 5.56 Å². The highest BCUT2D eigenvalue weighted by Crippen LogP contribution is 2.38. The summed E-state index contributed by atoms with van der Waals surface area (Å²) in [4.78, 5) is 2.53. The second-order valence-electron chi connectivity index (χ2n) is 6.14. The van der Waals surface area contributed by atoms with E-state index in [9.17, 15) is 0 Å². The van der Waals surface area contributed by atoms with Gasteiger partial charge in [0.1, 0.15) is 0 Å². The van der Waals surface area contributed by atoms with Crippen molar-refractivity contribution in [1.29, 1.82) is 0 Å². The second kappa shape index (κ2) is 5.23. The molecule has 1 aliphatic rings. The van der Waals surface area contributed by atoms with Crippen LogP contribution in [0.3, 0.4) is 0 Å². The van der Waals surface area contributed by atoms with Crippen LogP contribution in [-0.4, -0.2) is 35.1 Å². The molecule has 3 heteroatoms. The van der Waals surface area contributed by atoms with Crippen LogP contribution >= 0.6 is 0 Å². The Hall–Kier alpha value is -1.32. The molecule has 2 N–H and O–H groups in total. The molecular weight excluding hydrogens is 246 g/mol. The molecule has 0 aliphatic carbocycles. The first-order chi connectivity index (χ1) is 9.63. The van der Waals surface area contributed by atoms with Crippen molar-refractivity contribution >= 4 is 10.9 Å². The van der Waals surface area contributed by atoms with Crippen LogP contribution in [0.25, 0.3) is 10.9 Å². The van der Waals surface area contributed by atoms with Gasteiger partial charge >= 0.3 is 0 Å². The van der Waals surface area contributed by atoms with E-state index < -0.39 is 0 Å². The van der Waals surface area contributed by atoms with Gasteiger partial charge in [-0.2, -0.15) is 0 Å². The number of likely N-dealkylation sites (tertiary alicyclic amines) is 1. The zero-order valence-corrected chi connectivity index (χ0v) is 12.8. The molecule has 2 atom stereocenters. The molecule has 1 aliphatic heterocycles. The summed E-state index contributed by atoms with van der Waals surface area (Å²) in [5, 5.41) is 1.43. The van der Waals surface area contributed by atoms with E-state index in [0.29, 0.717) is 12.0 Å². The van der Waals surface area contributed by atoms with Gasteiger partial charge in [0.25, 0.3) is 0 Å². The summed E-state index contributed by atoms with van der Waals surface area (Å²) in [7, 11) is 2.18. The van der Waals surface area contributed by atoms with Crippen LogP contribution in [0.4, 0.5) is 0 Å². The number of aromatic nitrogens is 1. The maximum atomic E-state index is 5.73. The first kappa shape index (κ1) is 13.7. The molecule has 20 heavy (non-hydrogen) atoms. The number of aryl methyl sites for hydroxylation is 1. The van der Waals surface area contributed by atoms with Gasteiger partial charge in [-0.05, 0) is 31.9 Å². The van der Waals surface area contributed by atoms with Crippen LogP contribution in [0, 0.1) is 6.92 Å². The minimum atomic E-state index is 0.641. The molecule has 0 bridgehead atoms. The Morgan fingerprint density at radius 2 is 2.05 bits per heavy atom. The maximum absolute atomic E-state index is 5.73. The van der Waals surface area contributed by atoms with E-state index in [1.807, 2.05) is 0 Å². The highest BCUT2D eigenvalue weighted by Gasteiger charge is 2.32. The minimum Gasteiger partial charge on any atom is -0.348 e. The lowest BCUT2D eigenvalue weighted by molar-refractivity contribution is 0.275. The highest BCUT2D eigenvalue weighted by molar-refractivity contribution is 5.86. The van der Waals surface area contributed by atoms with Crippen LogP contribution in [0.2, 0.25) is 0 Å². The zero-order valence-electron chi connectivity index (χ0n) is 12.8. The van der Waals surface area contributed by atoms with Crippen molar-refractivity contribution in [2.75, 3.05) is 19.6 Å². The number of para-hydroxylation sites is 1. The molecule has 1 aromatic heterocycles. The fourth-order valence-electron chi connectivity index (χ4n) is 3.85. The third-order valence-corrected chi connectivity index (χ3v) is 4.98. The quantitative estimate of drug-likeness (QED) is 0.931. The van der Waals surface area contributed by atoms with Crippen molar-refractivity contribution < 1.29 is 0 Å². The van der Waals surface area contributed by atoms with Gasteiger partial charge in [0.05, 0.1) is 0 Å². The summed E-state index contributed by atoms with van der Waals surface area (Å²) in [6.07, 6.45) is 1.24. The first-order valence-corrected chi connectivity index (χ1v) is 7.61. The molecule has 1 aromatic carbocycles. The predicted molar refractivity (Wildman–Crippen MR) is 85.1 cm³/mol. The van der Waals surface area contributed by atoms with Gasteiger partial charge in [-0.3, -0.25) is 4.90 Å². The Labute approximate surface area is 121 Å². The van der Waals surface area contributed by atoms with Crippen LogP contribution in [0.5, 0.6) is 0 Å². The lowest BCUT2D eigenvalue weighted by atomic mass is 9.94. The van der Waals surface area contributed by atoms with Crippen molar-refractivity contribution in [1.82, 2.24) is 9.47 Å². The summed E-state index contributed by atoms with van der Waals surface area (Å²) in [6, 6.07) is 9.42. The molecule has 108 valence electrons. The summed E-state index contributed by atoms with van der Waals surface area (Å²) in [5.41, 5.74) is 10.1. The lowest BCUT2D eigenvalue weighted by Gasteiger charge is -2.19. The van der Waals surface area contributed by atoms with Gasteiger partial charge in [0, 0.05) is 55.2 Å². The molecule has 2 aromatic rings. The fraction of sp³-hybridized carbons (Fsp3) is 0.529. The number of fused-ring (bicyclic) bond motifs is 1. The van der Waals surface area contributed by atoms with Crippen molar-refractivity contribution in [3.8, 4) is 0 Å². The van der Waals surface area contributed by atoms with Gasteiger partial charge in [0.15, 0.2) is 0 Å². The second-order valence-corrected chi connectivity index (χ2v) is 6.14. The summed E-state index contributed by atoms with van der Waals surface area (Å²) >= 11 is 0. The summed E-state index contributed by atoms with van der Waals surface area (Å²) < 4.78 is 2.33. The van der Waals surface area contributed by atoms with Gasteiger partial charge in [0.2, 0.25) is 0 Å². The van der Waals surface area contributed by atoms with Crippen LogP contribution in [0.15, 0.2) is 24.3 Å². The van der Waals surface area contributed by atoms with Gasteiger partial charge < -0.3 is 10.3 Å². The number of hydrogen-bond donors (Lipinski definition) is 1. The fourth-order valence-corrected chi connectivity index (χ4v) is 3.85. The van der Waals surface area contributed by atoms with Crippen molar-refractivity contribution in [2.45, 2.75) is 32.2 Å². The number of nitrogens with two attached hydrogens (primary N) is 1. The molecule has 0 saturated carbocycles. The smallest absolute Gasteiger partial charge is 0.0482 e. The third-order valence-electron chi connectivity index (χ3n) is 4.98. The van der Waals surface area contributed by atoms with Gasteiger partial charge in [-0.15, -0.1) is 0 Å². The molecule has 2 heterocycles. The predicted octanol–water partition coefficient (Wildman–Crippen LogP) is 2.62. The minimum absolute atomic E-state index is 0.641. The van der Waals surface area contributed by atoms with E-state index in [4.69, 9.17) is 5.73 Å². The average Bonchev–Trinajstić information content (AvgIpc) is 2.91. The Balaban J connectivity index is 2.01. The molecule has 2 unspecified atom stereocenters. The van der Waals surface area contributed by atoms with E-state index >= 15 is 0 Å². The van der Waals surface area contributed by atoms with Gasteiger partial charge in [-0.25, -0.2) is 0 Å². The van der Waals surface area contributed by atoms with Gasteiger partial charge in [-0.1, -0.05) is 18.2 Å². The molecule has 0 radical (unpaired) electrons. The Kier molecular flexibility index (Phi) is 3.57. The van der Waals surface area contributed by atoms with E-state index in [-0.39, 0.29) is 0 Å². The topological polar surface area (TPSA) is 34.2 Å². The molecule has 3 nitrogen and oxygen atoms in total. The number of nitrogens with zero attached hydrogens (tertiary/aromatic N) is 2. The van der Waals surface area contributed by atoms with Crippen LogP contribution in [0.1, 0.15) is 30.5 Å². The third kappa shape index (κ3) is 2.05. The number of benzene rings is 1. The number of hydrogen-bond acceptors (Lipinski definition) is 2. The monoisotopic (exact) mass is 271 g/mol. The van der Waals surface area contributed by atoms with Crippen LogP contribution in [-0.2, 0) is 7.05 Å². The summed E-state index contributed by atoms with van der Waals surface area (Å²) in [6.45, 7) is 7.50. The largest absolute Gasteiger partial charge is 0.348 e. The van der Waals surface area contributed by atoms with E-state index in [0.717, 1.165) is 19.6 Å².